The molecule has 0 saturated heterocycles. The van der Waals surface area contributed by atoms with E-state index in [0.29, 0.717) is 23.6 Å². The molecule has 0 radical (unpaired) electrons. The van der Waals surface area contributed by atoms with Gasteiger partial charge in [0.1, 0.15) is 11.3 Å². The molecule has 0 aliphatic heterocycles. The molecule has 2 amide bonds. The van der Waals surface area contributed by atoms with Gasteiger partial charge in [-0.05, 0) is 44.0 Å². The number of rotatable bonds is 8. The lowest BCUT2D eigenvalue weighted by atomic mass is 10.1. The predicted molar refractivity (Wildman–Crippen MR) is 113 cm³/mol. The van der Waals surface area contributed by atoms with Crippen LogP contribution in [0.15, 0.2) is 48.5 Å². The molecule has 158 valence electrons. The number of hydrogen-bond donors (Lipinski definition) is 2. The molecular formula is C23H26N2O5. The fraction of sp³-hybridized carbons (Fsp3) is 0.348. The second-order valence-electron chi connectivity index (χ2n) is 7.05. The van der Waals surface area contributed by atoms with Crippen molar-refractivity contribution < 1.29 is 23.9 Å². The van der Waals surface area contributed by atoms with Crippen LogP contribution in [0.3, 0.4) is 0 Å². The first-order valence-corrected chi connectivity index (χ1v) is 10.2. The van der Waals surface area contributed by atoms with Crippen molar-refractivity contribution in [1.82, 2.24) is 5.32 Å². The first kappa shape index (κ1) is 21.4. The molecule has 2 aromatic rings. The van der Waals surface area contributed by atoms with Crippen LogP contribution >= 0.6 is 0 Å². The lowest BCUT2D eigenvalue weighted by Gasteiger charge is -2.15. The van der Waals surface area contributed by atoms with Gasteiger partial charge in [0.25, 0.3) is 11.8 Å². The van der Waals surface area contributed by atoms with Crippen molar-refractivity contribution in [1.29, 1.82) is 0 Å². The summed E-state index contributed by atoms with van der Waals surface area (Å²) in [4.78, 5) is 37.2. The summed E-state index contributed by atoms with van der Waals surface area (Å²) in [5, 5.41) is 5.66. The number of esters is 1. The zero-order valence-electron chi connectivity index (χ0n) is 17.0. The number of anilines is 1. The van der Waals surface area contributed by atoms with Crippen LogP contribution in [-0.2, 0) is 9.53 Å². The van der Waals surface area contributed by atoms with Crippen molar-refractivity contribution in [3.8, 4) is 5.75 Å². The summed E-state index contributed by atoms with van der Waals surface area (Å²) < 4.78 is 10.5. The zero-order chi connectivity index (χ0) is 21.3. The van der Waals surface area contributed by atoms with Crippen molar-refractivity contribution >= 4 is 23.5 Å². The first-order valence-electron chi connectivity index (χ1n) is 10.2. The smallest absolute Gasteiger partial charge is 0.342 e. The molecule has 2 aromatic carbocycles. The van der Waals surface area contributed by atoms with Crippen molar-refractivity contribution in [2.75, 3.05) is 18.5 Å². The fourth-order valence-electron chi connectivity index (χ4n) is 3.44. The van der Waals surface area contributed by atoms with E-state index >= 15 is 0 Å². The Morgan fingerprint density at radius 3 is 2.37 bits per heavy atom. The summed E-state index contributed by atoms with van der Waals surface area (Å²) in [5.74, 6) is -1.00. The Morgan fingerprint density at radius 1 is 0.967 bits per heavy atom. The topological polar surface area (TPSA) is 93.7 Å². The minimum atomic E-state index is -0.651. The monoisotopic (exact) mass is 410 g/mol. The standard InChI is InChI=1S/C23H26N2O5/c1-2-29-20-14-8-6-12-18(20)23(28)30-15-21(26)25-19-13-7-5-11-17(19)22(27)24-16-9-3-4-10-16/h5-8,11-14,16H,2-4,9-10,15H2,1H3,(H,24,27)(H,25,26). The molecule has 1 saturated carbocycles. The molecule has 1 fully saturated rings. The van der Waals surface area contributed by atoms with Crippen molar-refractivity contribution in [3.05, 3.63) is 59.7 Å². The van der Waals surface area contributed by atoms with Gasteiger partial charge in [-0.15, -0.1) is 0 Å². The quantitative estimate of drug-likeness (QED) is 0.649. The minimum absolute atomic E-state index is 0.174. The number of amides is 2. The van der Waals surface area contributed by atoms with Gasteiger partial charge in [0, 0.05) is 6.04 Å². The molecule has 2 N–H and O–H groups in total. The first-order chi connectivity index (χ1) is 14.6. The third kappa shape index (κ3) is 5.59. The Bertz CT molecular complexity index is 906. The van der Waals surface area contributed by atoms with E-state index < -0.39 is 18.5 Å². The Kier molecular flexibility index (Phi) is 7.43. The van der Waals surface area contributed by atoms with Gasteiger partial charge < -0.3 is 20.1 Å². The van der Waals surface area contributed by atoms with E-state index in [4.69, 9.17) is 9.47 Å². The second-order valence-corrected chi connectivity index (χ2v) is 7.05. The number of ether oxygens (including phenoxy) is 2. The largest absolute Gasteiger partial charge is 0.493 e. The van der Waals surface area contributed by atoms with Crippen molar-refractivity contribution in [3.63, 3.8) is 0 Å². The Balaban J connectivity index is 1.59. The summed E-state index contributed by atoms with van der Waals surface area (Å²) in [5.41, 5.74) is 1.01. The summed E-state index contributed by atoms with van der Waals surface area (Å²) in [7, 11) is 0. The number of para-hydroxylation sites is 2. The third-order valence-electron chi connectivity index (χ3n) is 4.88. The number of carbonyl (C=O) groups is 3. The molecular weight excluding hydrogens is 384 g/mol. The lowest BCUT2D eigenvalue weighted by molar-refractivity contribution is -0.119. The molecule has 0 bridgehead atoms. The predicted octanol–water partition coefficient (Wildman–Crippen LogP) is 3.55. The minimum Gasteiger partial charge on any atom is -0.493 e. The van der Waals surface area contributed by atoms with Gasteiger partial charge in [-0.3, -0.25) is 9.59 Å². The molecule has 7 heteroatoms. The summed E-state index contributed by atoms with van der Waals surface area (Å²) in [6, 6.07) is 13.6. The highest BCUT2D eigenvalue weighted by Gasteiger charge is 2.21. The van der Waals surface area contributed by atoms with Gasteiger partial charge in [-0.25, -0.2) is 4.79 Å². The number of nitrogens with one attached hydrogen (secondary N) is 2. The van der Waals surface area contributed by atoms with Crippen LogP contribution in [0.25, 0.3) is 0 Å². The zero-order valence-corrected chi connectivity index (χ0v) is 17.0. The fourth-order valence-corrected chi connectivity index (χ4v) is 3.44. The summed E-state index contributed by atoms with van der Waals surface area (Å²) >= 11 is 0. The molecule has 30 heavy (non-hydrogen) atoms. The number of hydrogen-bond acceptors (Lipinski definition) is 5. The van der Waals surface area contributed by atoms with Crippen LogP contribution in [-0.4, -0.2) is 37.0 Å². The maximum atomic E-state index is 12.6. The molecule has 0 aromatic heterocycles. The van der Waals surface area contributed by atoms with Crippen molar-refractivity contribution in [2.24, 2.45) is 0 Å². The van der Waals surface area contributed by atoms with E-state index in [1.165, 1.54) is 0 Å². The normalized spacial score (nSPS) is 13.5. The van der Waals surface area contributed by atoms with Gasteiger partial charge >= 0.3 is 5.97 Å². The van der Waals surface area contributed by atoms with E-state index in [1.807, 2.05) is 6.92 Å². The summed E-state index contributed by atoms with van der Waals surface area (Å²) in [6.45, 7) is 1.75. The van der Waals surface area contributed by atoms with Gasteiger partial charge in [0.05, 0.1) is 17.9 Å². The molecule has 0 atom stereocenters. The van der Waals surface area contributed by atoms with Crippen LogP contribution in [0.1, 0.15) is 53.3 Å². The van der Waals surface area contributed by atoms with Crippen LogP contribution in [0.5, 0.6) is 5.75 Å². The summed E-state index contributed by atoms with van der Waals surface area (Å²) in [6.07, 6.45) is 4.17. The highest BCUT2D eigenvalue weighted by atomic mass is 16.5. The van der Waals surface area contributed by atoms with Gasteiger partial charge in [0.15, 0.2) is 6.61 Å². The maximum absolute atomic E-state index is 12.6. The number of carbonyl (C=O) groups excluding carboxylic acids is 3. The molecule has 7 nitrogen and oxygen atoms in total. The van der Waals surface area contributed by atoms with Crippen molar-refractivity contribution in [2.45, 2.75) is 38.6 Å². The van der Waals surface area contributed by atoms with Crippen LogP contribution < -0.4 is 15.4 Å². The Labute approximate surface area is 175 Å². The highest BCUT2D eigenvalue weighted by Crippen LogP contribution is 2.21. The van der Waals surface area contributed by atoms with Crippen LogP contribution in [0.4, 0.5) is 5.69 Å². The van der Waals surface area contributed by atoms with E-state index in [9.17, 15) is 14.4 Å². The maximum Gasteiger partial charge on any atom is 0.342 e. The van der Waals surface area contributed by atoms with Crippen LogP contribution in [0, 0.1) is 0 Å². The Hall–Kier alpha value is -3.35. The van der Waals surface area contributed by atoms with Gasteiger partial charge in [-0.1, -0.05) is 37.1 Å². The van der Waals surface area contributed by atoms with Gasteiger partial charge in [-0.2, -0.15) is 0 Å². The van der Waals surface area contributed by atoms with Crippen LogP contribution in [0.2, 0.25) is 0 Å². The molecule has 0 heterocycles. The van der Waals surface area contributed by atoms with E-state index in [-0.39, 0.29) is 17.5 Å². The molecule has 0 unspecified atom stereocenters. The van der Waals surface area contributed by atoms with E-state index in [1.54, 1.807) is 48.5 Å². The third-order valence-corrected chi connectivity index (χ3v) is 4.88. The molecule has 3 rings (SSSR count). The second kappa shape index (κ2) is 10.4. The number of benzene rings is 2. The average molecular weight is 410 g/mol. The Morgan fingerprint density at radius 2 is 1.63 bits per heavy atom. The average Bonchev–Trinajstić information content (AvgIpc) is 3.26. The van der Waals surface area contributed by atoms with E-state index in [0.717, 1.165) is 25.7 Å². The van der Waals surface area contributed by atoms with Gasteiger partial charge in [0.2, 0.25) is 0 Å². The molecule has 0 spiro atoms. The lowest BCUT2D eigenvalue weighted by Crippen LogP contribution is -2.33. The molecule has 1 aliphatic carbocycles. The molecule has 1 aliphatic rings. The SMILES string of the molecule is CCOc1ccccc1C(=O)OCC(=O)Nc1ccccc1C(=O)NC1CCCC1. The van der Waals surface area contributed by atoms with E-state index in [2.05, 4.69) is 10.6 Å². The highest BCUT2D eigenvalue weighted by molar-refractivity contribution is 6.04.